The van der Waals surface area contributed by atoms with Crippen molar-refractivity contribution in [3.05, 3.63) is 106 Å². The van der Waals surface area contributed by atoms with Gasteiger partial charge in [-0.1, -0.05) is 87.0 Å². The number of esters is 1. The van der Waals surface area contributed by atoms with Gasteiger partial charge in [-0.25, -0.2) is 9.78 Å². The third-order valence-electron chi connectivity index (χ3n) is 6.66. The van der Waals surface area contributed by atoms with E-state index in [1.807, 2.05) is 60.0 Å². The molecule has 0 fully saturated rings. The van der Waals surface area contributed by atoms with E-state index in [9.17, 15) is 9.59 Å². The minimum Gasteiger partial charge on any atom is -0.462 e. The number of anilines is 1. The number of carbonyl (C=O) groups excluding carboxylic acids is 2. The lowest BCUT2D eigenvalue weighted by atomic mass is 9.86. The third kappa shape index (κ3) is 5.64. The molecular formula is C33H29ClN2O3S. The molecule has 0 aliphatic rings. The van der Waals surface area contributed by atoms with Crippen molar-refractivity contribution in [2.24, 2.45) is 0 Å². The number of fused-ring (bicyclic) bond motifs is 1. The maximum absolute atomic E-state index is 13.8. The number of ether oxygens (including phenoxy) is 1. The number of rotatable bonds is 6. The Bertz CT molecular complexity index is 1700. The third-order valence-corrected chi connectivity index (χ3v) is 7.81. The van der Waals surface area contributed by atoms with E-state index < -0.39 is 5.97 Å². The molecule has 5 nitrogen and oxygen atoms in total. The minimum absolute atomic E-state index is 0.0304. The van der Waals surface area contributed by atoms with Crippen molar-refractivity contribution < 1.29 is 14.3 Å². The fourth-order valence-electron chi connectivity index (χ4n) is 4.52. The second kappa shape index (κ2) is 11.2. The van der Waals surface area contributed by atoms with E-state index in [1.54, 1.807) is 19.1 Å². The van der Waals surface area contributed by atoms with Crippen molar-refractivity contribution in [2.45, 2.75) is 33.1 Å². The molecule has 0 aliphatic carbocycles. The predicted octanol–water partition coefficient (Wildman–Crippen LogP) is 9.01. The van der Waals surface area contributed by atoms with Gasteiger partial charge in [-0.05, 0) is 47.7 Å². The van der Waals surface area contributed by atoms with E-state index in [0.29, 0.717) is 37.9 Å². The summed E-state index contributed by atoms with van der Waals surface area (Å²) in [7, 11) is 0. The molecule has 0 spiro atoms. The molecule has 2 aromatic heterocycles. The Kier molecular flexibility index (Phi) is 7.74. The lowest BCUT2D eigenvalue weighted by molar-refractivity contribution is 0.0529. The molecule has 202 valence electrons. The Morgan fingerprint density at radius 2 is 1.62 bits per heavy atom. The van der Waals surface area contributed by atoms with E-state index >= 15 is 0 Å². The van der Waals surface area contributed by atoms with Crippen LogP contribution in [0.1, 0.15) is 54.0 Å². The van der Waals surface area contributed by atoms with E-state index in [2.05, 4.69) is 38.2 Å². The lowest BCUT2D eigenvalue weighted by Gasteiger charge is -2.19. The van der Waals surface area contributed by atoms with E-state index in [4.69, 9.17) is 21.3 Å². The van der Waals surface area contributed by atoms with Gasteiger partial charge >= 0.3 is 5.97 Å². The summed E-state index contributed by atoms with van der Waals surface area (Å²) in [5, 5.41) is 6.58. The molecule has 0 radical (unpaired) electrons. The molecule has 7 heteroatoms. The Balaban J connectivity index is 1.56. The molecule has 0 saturated carbocycles. The van der Waals surface area contributed by atoms with Crippen molar-refractivity contribution in [3.63, 3.8) is 0 Å². The zero-order chi connectivity index (χ0) is 28.4. The van der Waals surface area contributed by atoms with Crippen LogP contribution in [0.15, 0.2) is 84.2 Å². The van der Waals surface area contributed by atoms with E-state index in [1.165, 1.54) is 16.9 Å². The van der Waals surface area contributed by atoms with Crippen molar-refractivity contribution in [2.75, 3.05) is 11.9 Å². The number of nitrogens with one attached hydrogen (secondary N) is 1. The maximum Gasteiger partial charge on any atom is 0.341 e. The van der Waals surface area contributed by atoms with Crippen LogP contribution in [-0.2, 0) is 10.2 Å². The molecule has 0 atom stereocenters. The molecular weight excluding hydrogens is 540 g/mol. The summed E-state index contributed by atoms with van der Waals surface area (Å²) in [5.74, 6) is -0.829. The van der Waals surface area contributed by atoms with Crippen LogP contribution >= 0.6 is 22.9 Å². The van der Waals surface area contributed by atoms with Crippen molar-refractivity contribution in [1.82, 2.24) is 4.98 Å². The quantitative estimate of drug-likeness (QED) is 0.207. The highest BCUT2D eigenvalue weighted by Crippen LogP contribution is 2.37. The number of hydrogen-bond acceptors (Lipinski definition) is 5. The Labute approximate surface area is 242 Å². The van der Waals surface area contributed by atoms with Gasteiger partial charge in [-0.15, -0.1) is 11.3 Å². The summed E-state index contributed by atoms with van der Waals surface area (Å²) in [6, 6.07) is 24.8. The number of thiophene rings is 1. The second-order valence-electron chi connectivity index (χ2n) is 10.4. The number of halogens is 1. The summed E-state index contributed by atoms with van der Waals surface area (Å²) in [6.45, 7) is 8.49. The number of nitrogens with zero attached hydrogens (tertiary/aromatic N) is 1. The molecule has 0 bridgehead atoms. The van der Waals surface area contributed by atoms with Crippen LogP contribution in [0.2, 0.25) is 5.02 Å². The van der Waals surface area contributed by atoms with E-state index in [0.717, 1.165) is 16.5 Å². The van der Waals surface area contributed by atoms with Crippen LogP contribution in [0.5, 0.6) is 0 Å². The fourth-order valence-corrected chi connectivity index (χ4v) is 5.60. The van der Waals surface area contributed by atoms with Gasteiger partial charge in [0.05, 0.1) is 23.4 Å². The summed E-state index contributed by atoms with van der Waals surface area (Å²) in [4.78, 5) is 31.7. The summed E-state index contributed by atoms with van der Waals surface area (Å²) in [5.41, 5.74) is 5.84. The maximum atomic E-state index is 13.8. The van der Waals surface area contributed by atoms with Crippen LogP contribution in [0.3, 0.4) is 0 Å². The highest BCUT2D eigenvalue weighted by molar-refractivity contribution is 7.15. The van der Waals surface area contributed by atoms with Gasteiger partial charge in [0.2, 0.25) is 0 Å². The van der Waals surface area contributed by atoms with Gasteiger partial charge in [0, 0.05) is 26.9 Å². The fraction of sp³-hybridized carbons (Fsp3) is 0.182. The van der Waals surface area contributed by atoms with Crippen molar-refractivity contribution in [1.29, 1.82) is 0 Å². The minimum atomic E-state index is -0.497. The molecule has 3 aromatic carbocycles. The van der Waals surface area contributed by atoms with Crippen molar-refractivity contribution in [3.8, 4) is 22.4 Å². The standard InChI is InChI=1S/C33H29ClN2O3S/c1-5-39-32(38)29-26(20-12-16-23(34)17-13-20)19-40-31(29)36-30(37)25-18-28(35-27-9-7-6-8-24(25)27)21-10-14-22(15-11-21)33(2,3)4/h6-19H,5H2,1-4H3,(H,36,37). The number of pyridine rings is 1. The normalized spacial score (nSPS) is 11.4. The monoisotopic (exact) mass is 568 g/mol. The topological polar surface area (TPSA) is 68.3 Å². The number of hydrogen-bond donors (Lipinski definition) is 1. The van der Waals surface area contributed by atoms with Crippen molar-refractivity contribution >= 4 is 50.7 Å². The number of aromatic nitrogens is 1. The average Bonchev–Trinajstić information content (AvgIpc) is 3.36. The van der Waals surface area contributed by atoms with Crippen LogP contribution in [0.25, 0.3) is 33.3 Å². The highest BCUT2D eigenvalue weighted by Gasteiger charge is 2.24. The second-order valence-corrected chi connectivity index (χ2v) is 11.8. The van der Waals surface area contributed by atoms with Crippen LogP contribution in [0, 0.1) is 0 Å². The van der Waals surface area contributed by atoms with Gasteiger partial charge in [0.15, 0.2) is 0 Å². The largest absolute Gasteiger partial charge is 0.462 e. The molecule has 40 heavy (non-hydrogen) atoms. The average molecular weight is 569 g/mol. The molecule has 1 amide bonds. The molecule has 1 N–H and O–H groups in total. The van der Waals surface area contributed by atoms with E-state index in [-0.39, 0.29) is 17.9 Å². The SMILES string of the molecule is CCOC(=O)c1c(-c2ccc(Cl)cc2)csc1NC(=O)c1cc(-c2ccc(C(C)(C)C)cc2)nc2ccccc12. The molecule has 0 unspecified atom stereocenters. The predicted molar refractivity (Wildman–Crippen MR) is 165 cm³/mol. The zero-order valence-electron chi connectivity index (χ0n) is 22.7. The Morgan fingerprint density at radius 3 is 2.30 bits per heavy atom. The molecule has 0 aliphatic heterocycles. The summed E-state index contributed by atoms with van der Waals surface area (Å²) >= 11 is 7.36. The molecule has 2 heterocycles. The molecule has 5 rings (SSSR count). The smallest absolute Gasteiger partial charge is 0.341 e. The zero-order valence-corrected chi connectivity index (χ0v) is 24.3. The van der Waals surface area contributed by atoms with Crippen LogP contribution < -0.4 is 5.32 Å². The summed E-state index contributed by atoms with van der Waals surface area (Å²) in [6.07, 6.45) is 0. The highest BCUT2D eigenvalue weighted by atomic mass is 35.5. The number of amides is 1. The first-order valence-electron chi connectivity index (χ1n) is 13.0. The van der Waals surface area contributed by atoms with Crippen LogP contribution in [0.4, 0.5) is 5.00 Å². The van der Waals surface area contributed by atoms with Crippen LogP contribution in [-0.4, -0.2) is 23.5 Å². The molecule has 5 aromatic rings. The van der Waals surface area contributed by atoms with Gasteiger partial charge in [0.1, 0.15) is 10.6 Å². The number of carbonyl (C=O) groups is 2. The van der Waals surface area contributed by atoms with Gasteiger partial charge in [-0.2, -0.15) is 0 Å². The Morgan fingerprint density at radius 1 is 0.950 bits per heavy atom. The lowest BCUT2D eigenvalue weighted by Crippen LogP contribution is -2.15. The first kappa shape index (κ1) is 27.6. The first-order valence-corrected chi connectivity index (χ1v) is 14.3. The van der Waals surface area contributed by atoms with Gasteiger partial charge < -0.3 is 10.1 Å². The molecule has 0 saturated heterocycles. The summed E-state index contributed by atoms with van der Waals surface area (Å²) < 4.78 is 5.36. The number of para-hydroxylation sites is 1. The Hall–Kier alpha value is -4.00. The first-order chi connectivity index (χ1) is 19.2. The van der Waals surface area contributed by atoms with Gasteiger partial charge in [-0.3, -0.25) is 4.79 Å². The number of benzene rings is 3. The van der Waals surface area contributed by atoms with Gasteiger partial charge in [0.25, 0.3) is 5.91 Å².